The van der Waals surface area contributed by atoms with Crippen LogP contribution in [0.4, 0.5) is 8.78 Å². The van der Waals surface area contributed by atoms with Gasteiger partial charge in [-0.25, -0.2) is 8.78 Å². The number of amides is 2. The maximum absolute atomic E-state index is 14.3. The number of primary amides is 1. The van der Waals surface area contributed by atoms with E-state index >= 15 is 0 Å². The number of amidine groups is 1. The highest BCUT2D eigenvalue weighted by Gasteiger charge is 2.28. The van der Waals surface area contributed by atoms with Crippen molar-refractivity contribution in [3.63, 3.8) is 0 Å². The lowest BCUT2D eigenvalue weighted by atomic mass is 10.1. The molecular weight excluding hydrogens is 414 g/mol. The van der Waals surface area contributed by atoms with E-state index in [2.05, 4.69) is 5.32 Å². The number of nitrogen functional groups attached to an aromatic ring is 1. The van der Waals surface area contributed by atoms with Crippen LogP contribution in [-0.4, -0.2) is 38.5 Å². The van der Waals surface area contributed by atoms with Gasteiger partial charge in [0.05, 0.1) is 12.7 Å². The van der Waals surface area contributed by atoms with Gasteiger partial charge in [-0.15, -0.1) is 0 Å². The van der Waals surface area contributed by atoms with E-state index in [1.165, 1.54) is 25.3 Å². The number of carbonyl (C=O) groups is 2. The zero-order valence-electron chi connectivity index (χ0n) is 16.8. The van der Waals surface area contributed by atoms with Crippen molar-refractivity contribution < 1.29 is 32.6 Å². The topological polar surface area (TPSA) is 150 Å². The van der Waals surface area contributed by atoms with Crippen molar-refractivity contribution in [2.45, 2.75) is 12.6 Å². The zero-order valence-corrected chi connectivity index (χ0v) is 16.8. The zero-order chi connectivity index (χ0) is 23.1. The first-order valence-corrected chi connectivity index (χ1v) is 8.89. The molecule has 6 N–H and O–H groups in total. The number of halogens is 2. The lowest BCUT2D eigenvalue weighted by Gasteiger charge is -2.18. The van der Waals surface area contributed by atoms with Crippen LogP contribution in [-0.2, 0) is 20.9 Å². The average molecular weight is 436 g/mol. The number of nitrogens with one attached hydrogen (secondary N) is 2. The summed E-state index contributed by atoms with van der Waals surface area (Å²) in [6.07, 6.45) is -1.57. The Balaban J connectivity index is 2.24. The summed E-state index contributed by atoms with van der Waals surface area (Å²) in [6, 6.07) is 6.31. The predicted octanol–water partition coefficient (Wildman–Crippen LogP) is 1.13. The highest BCUT2D eigenvalue weighted by atomic mass is 19.1. The minimum absolute atomic E-state index is 0.0455. The fraction of sp³-hybridized carbons (Fsp3) is 0.250. The number of methoxy groups -OCH3 is 2. The SMILES string of the molecule is COc1cc(F)c([C@H](OC)C(=O)NCc2ccc(C(=N)N)cc2OCC(N)=O)c(F)c1. The van der Waals surface area contributed by atoms with E-state index in [4.69, 9.17) is 31.1 Å². The smallest absolute Gasteiger partial charge is 0.255 e. The largest absolute Gasteiger partial charge is 0.497 e. The van der Waals surface area contributed by atoms with Gasteiger partial charge in [-0.05, 0) is 6.07 Å². The second kappa shape index (κ2) is 10.3. The van der Waals surface area contributed by atoms with E-state index in [1.807, 2.05) is 0 Å². The third-order valence-corrected chi connectivity index (χ3v) is 4.23. The van der Waals surface area contributed by atoms with Crippen molar-refractivity contribution in [1.82, 2.24) is 5.32 Å². The number of ether oxygens (including phenoxy) is 3. The van der Waals surface area contributed by atoms with Gasteiger partial charge in [0.2, 0.25) is 0 Å². The number of rotatable bonds is 10. The molecule has 0 saturated heterocycles. The molecule has 166 valence electrons. The van der Waals surface area contributed by atoms with E-state index in [0.29, 0.717) is 11.1 Å². The van der Waals surface area contributed by atoms with Crippen molar-refractivity contribution in [1.29, 1.82) is 5.41 Å². The molecule has 0 saturated carbocycles. The summed E-state index contributed by atoms with van der Waals surface area (Å²) in [5, 5.41) is 10.00. The van der Waals surface area contributed by atoms with Crippen molar-refractivity contribution in [2.24, 2.45) is 11.5 Å². The number of carbonyl (C=O) groups excluding carboxylic acids is 2. The fourth-order valence-corrected chi connectivity index (χ4v) is 2.71. The van der Waals surface area contributed by atoms with Crippen LogP contribution >= 0.6 is 0 Å². The van der Waals surface area contributed by atoms with Gasteiger partial charge in [-0.1, -0.05) is 12.1 Å². The van der Waals surface area contributed by atoms with Crippen LogP contribution < -0.4 is 26.3 Å². The number of benzene rings is 2. The highest BCUT2D eigenvalue weighted by Crippen LogP contribution is 2.28. The molecule has 2 rings (SSSR count). The van der Waals surface area contributed by atoms with Gasteiger partial charge in [0.25, 0.3) is 11.8 Å². The maximum Gasteiger partial charge on any atom is 0.255 e. The molecule has 0 spiro atoms. The quantitative estimate of drug-likeness (QED) is 0.324. The van der Waals surface area contributed by atoms with Crippen molar-refractivity contribution in [2.75, 3.05) is 20.8 Å². The summed E-state index contributed by atoms with van der Waals surface area (Å²) in [4.78, 5) is 23.6. The first kappa shape index (κ1) is 23.5. The summed E-state index contributed by atoms with van der Waals surface area (Å²) in [5.41, 5.74) is 10.7. The van der Waals surface area contributed by atoms with E-state index in [9.17, 15) is 18.4 Å². The monoisotopic (exact) mass is 436 g/mol. The molecule has 0 unspecified atom stereocenters. The highest BCUT2D eigenvalue weighted by molar-refractivity contribution is 5.95. The van der Waals surface area contributed by atoms with Crippen LogP contribution in [0.25, 0.3) is 0 Å². The Bertz CT molecular complexity index is 977. The molecule has 9 nitrogen and oxygen atoms in total. The van der Waals surface area contributed by atoms with Crippen molar-refractivity contribution in [3.05, 3.63) is 58.7 Å². The number of nitrogens with two attached hydrogens (primary N) is 2. The Morgan fingerprint density at radius 3 is 2.29 bits per heavy atom. The number of hydrogen-bond acceptors (Lipinski definition) is 6. The van der Waals surface area contributed by atoms with E-state index < -0.39 is 41.7 Å². The Labute approximate surface area is 176 Å². The van der Waals surface area contributed by atoms with Crippen LogP contribution in [0.5, 0.6) is 11.5 Å². The van der Waals surface area contributed by atoms with Gasteiger partial charge in [0.1, 0.15) is 29.0 Å². The fourth-order valence-electron chi connectivity index (χ4n) is 2.71. The summed E-state index contributed by atoms with van der Waals surface area (Å²) in [5.74, 6) is -3.68. The molecule has 0 fully saturated rings. The molecule has 0 aliphatic heterocycles. The van der Waals surface area contributed by atoms with Crippen molar-refractivity contribution in [3.8, 4) is 11.5 Å². The molecule has 2 amide bonds. The van der Waals surface area contributed by atoms with Crippen molar-refractivity contribution >= 4 is 17.6 Å². The lowest BCUT2D eigenvalue weighted by Crippen LogP contribution is -2.31. The molecule has 0 aliphatic carbocycles. The molecule has 0 radical (unpaired) electrons. The van der Waals surface area contributed by atoms with Gasteiger partial charge in [-0.2, -0.15) is 0 Å². The molecule has 2 aromatic rings. The van der Waals surface area contributed by atoms with Crippen LogP contribution in [0.2, 0.25) is 0 Å². The third-order valence-electron chi connectivity index (χ3n) is 4.23. The average Bonchev–Trinajstić information content (AvgIpc) is 2.72. The summed E-state index contributed by atoms with van der Waals surface area (Å²) in [7, 11) is 2.39. The van der Waals surface area contributed by atoms with E-state index in [1.54, 1.807) is 0 Å². The van der Waals surface area contributed by atoms with Gasteiger partial charge in [0.15, 0.2) is 12.7 Å². The molecule has 0 heterocycles. The second-order valence-electron chi connectivity index (χ2n) is 6.33. The van der Waals surface area contributed by atoms with Crippen LogP contribution in [0.15, 0.2) is 30.3 Å². The molecule has 31 heavy (non-hydrogen) atoms. The Morgan fingerprint density at radius 1 is 1.13 bits per heavy atom. The number of hydrogen-bond donors (Lipinski definition) is 4. The summed E-state index contributed by atoms with van der Waals surface area (Å²) >= 11 is 0. The van der Waals surface area contributed by atoms with Crippen LogP contribution in [0, 0.1) is 17.0 Å². The second-order valence-corrected chi connectivity index (χ2v) is 6.33. The molecule has 11 heteroatoms. The Kier molecular flexibility index (Phi) is 7.86. The van der Waals surface area contributed by atoms with Gasteiger partial charge in [-0.3, -0.25) is 15.0 Å². The lowest BCUT2D eigenvalue weighted by molar-refractivity contribution is -0.132. The first-order valence-electron chi connectivity index (χ1n) is 8.89. The standard InChI is InChI=1S/C20H22F2N4O5/c1-29-12-6-13(21)17(14(22)7-12)18(30-2)20(28)26-8-11-4-3-10(19(24)25)5-15(11)31-9-16(23)27/h3-7,18H,8-9H2,1-2H3,(H2,23,27)(H3,24,25)(H,26,28)/t18-/m0/s1. The Morgan fingerprint density at radius 2 is 1.77 bits per heavy atom. The first-order chi connectivity index (χ1) is 14.7. The van der Waals surface area contributed by atoms with Gasteiger partial charge >= 0.3 is 0 Å². The molecule has 0 aliphatic rings. The maximum atomic E-state index is 14.3. The van der Waals surface area contributed by atoms with Crippen LogP contribution in [0.3, 0.4) is 0 Å². The Hall–Kier alpha value is -3.73. The molecule has 0 bridgehead atoms. The van der Waals surface area contributed by atoms with E-state index in [0.717, 1.165) is 19.2 Å². The molecule has 1 atom stereocenters. The normalized spacial score (nSPS) is 11.5. The molecular formula is C20H22F2N4O5. The summed E-state index contributed by atoms with van der Waals surface area (Å²) < 4.78 is 43.8. The van der Waals surface area contributed by atoms with Crippen LogP contribution in [0.1, 0.15) is 22.8 Å². The third kappa shape index (κ3) is 5.89. The van der Waals surface area contributed by atoms with E-state index in [-0.39, 0.29) is 23.9 Å². The molecule has 0 aromatic heterocycles. The van der Waals surface area contributed by atoms with Gasteiger partial charge in [0, 0.05) is 36.9 Å². The van der Waals surface area contributed by atoms with Gasteiger partial charge < -0.3 is 31.0 Å². The minimum Gasteiger partial charge on any atom is -0.497 e. The summed E-state index contributed by atoms with van der Waals surface area (Å²) in [6.45, 7) is -0.574. The predicted molar refractivity (Wildman–Crippen MR) is 107 cm³/mol. The molecule has 2 aromatic carbocycles. The minimum atomic E-state index is -1.57.